The van der Waals surface area contributed by atoms with E-state index in [-0.39, 0.29) is 32.5 Å². The largest absolute Gasteiger partial charge is 0.481 e. The summed E-state index contributed by atoms with van der Waals surface area (Å²) in [6.07, 6.45) is -0.0512. The lowest BCUT2D eigenvalue weighted by atomic mass is 9.63. The minimum Gasteiger partial charge on any atom is -0.481 e. The van der Waals surface area contributed by atoms with Gasteiger partial charge in [0.2, 0.25) is 0 Å². The number of hydrogen-bond acceptors (Lipinski definition) is 5. The van der Waals surface area contributed by atoms with E-state index in [9.17, 15) is 19.8 Å². The molecule has 2 N–H and O–H groups in total. The second kappa shape index (κ2) is 6.41. The van der Waals surface area contributed by atoms with Gasteiger partial charge in [-0.1, -0.05) is 30.3 Å². The van der Waals surface area contributed by atoms with Crippen molar-refractivity contribution in [3.8, 4) is 0 Å². The van der Waals surface area contributed by atoms with Crippen LogP contribution >= 0.6 is 0 Å². The van der Waals surface area contributed by atoms with Crippen molar-refractivity contribution in [3.63, 3.8) is 0 Å². The Morgan fingerprint density at radius 3 is 2.38 bits per heavy atom. The number of nitrogens with zero attached hydrogens (tertiary/aromatic N) is 1. The number of hydrogen-bond donors (Lipinski definition) is 2. The highest BCUT2D eigenvalue weighted by Crippen LogP contribution is 2.46. The van der Waals surface area contributed by atoms with Crippen LogP contribution in [-0.2, 0) is 20.9 Å². The van der Waals surface area contributed by atoms with E-state index in [1.165, 1.54) is 4.90 Å². The first kappa shape index (κ1) is 16.7. The lowest BCUT2D eigenvalue weighted by Crippen LogP contribution is -2.72. The topological polar surface area (TPSA) is 96.3 Å². The van der Waals surface area contributed by atoms with Gasteiger partial charge in [-0.2, -0.15) is 0 Å². The lowest BCUT2D eigenvalue weighted by molar-refractivity contribution is -0.210. The molecular weight excluding hydrogens is 314 g/mol. The van der Waals surface area contributed by atoms with E-state index in [1.807, 2.05) is 30.3 Å². The van der Waals surface area contributed by atoms with Gasteiger partial charge in [0, 0.05) is 39.1 Å². The van der Waals surface area contributed by atoms with E-state index in [0.717, 1.165) is 5.56 Å². The Labute approximate surface area is 139 Å². The predicted octanol–water partition coefficient (Wildman–Crippen LogP) is 1.25. The normalized spacial score (nSPS) is 21.6. The highest BCUT2D eigenvalue weighted by molar-refractivity contribution is 5.82. The third kappa shape index (κ3) is 2.85. The maximum Gasteiger partial charge on any atom is 0.410 e. The van der Waals surface area contributed by atoms with E-state index in [0.29, 0.717) is 13.2 Å². The van der Waals surface area contributed by atoms with Crippen LogP contribution in [-0.4, -0.2) is 59.1 Å². The molecular formula is C17H21NO6. The number of amides is 1. The zero-order valence-corrected chi connectivity index (χ0v) is 13.3. The van der Waals surface area contributed by atoms with E-state index in [1.54, 1.807) is 0 Å². The molecule has 0 radical (unpaired) electrons. The van der Waals surface area contributed by atoms with E-state index in [4.69, 9.17) is 9.47 Å². The second-order valence-electron chi connectivity index (χ2n) is 6.43. The summed E-state index contributed by atoms with van der Waals surface area (Å²) in [4.78, 5) is 25.2. The molecule has 0 unspecified atom stereocenters. The molecule has 1 aromatic carbocycles. The summed E-state index contributed by atoms with van der Waals surface area (Å²) in [6, 6.07) is 9.26. The van der Waals surface area contributed by atoms with Gasteiger partial charge >= 0.3 is 12.1 Å². The van der Waals surface area contributed by atoms with Crippen molar-refractivity contribution in [2.75, 3.05) is 26.3 Å². The first-order valence-electron chi connectivity index (χ1n) is 7.96. The van der Waals surface area contributed by atoms with Crippen LogP contribution in [0.15, 0.2) is 30.3 Å². The average molecular weight is 335 g/mol. The van der Waals surface area contributed by atoms with Crippen molar-refractivity contribution >= 4 is 12.1 Å². The van der Waals surface area contributed by atoms with Gasteiger partial charge in [0.1, 0.15) is 12.0 Å². The molecule has 2 aliphatic heterocycles. The molecule has 0 atom stereocenters. The fourth-order valence-corrected chi connectivity index (χ4v) is 3.36. The fraction of sp³-hybridized carbons (Fsp3) is 0.529. The molecule has 1 aromatic rings. The van der Waals surface area contributed by atoms with Crippen LogP contribution in [0.2, 0.25) is 0 Å². The Morgan fingerprint density at radius 1 is 1.17 bits per heavy atom. The van der Waals surface area contributed by atoms with Crippen LogP contribution < -0.4 is 0 Å². The first-order valence-corrected chi connectivity index (χ1v) is 7.96. The molecule has 2 heterocycles. The Bertz CT molecular complexity index is 605. The van der Waals surface area contributed by atoms with E-state index in [2.05, 4.69) is 0 Å². The summed E-state index contributed by atoms with van der Waals surface area (Å²) in [5.74, 6) is -1.08. The smallest absolute Gasteiger partial charge is 0.410 e. The zero-order chi connectivity index (χ0) is 17.2. The quantitative estimate of drug-likeness (QED) is 0.860. The number of benzene rings is 1. The first-order chi connectivity index (χ1) is 11.5. The highest BCUT2D eigenvalue weighted by Gasteiger charge is 2.64. The molecule has 7 heteroatoms. The molecule has 24 heavy (non-hydrogen) atoms. The maximum absolute atomic E-state index is 12.1. The van der Waals surface area contributed by atoms with Gasteiger partial charge in [0.25, 0.3) is 0 Å². The Hall–Kier alpha value is -2.12. The average Bonchev–Trinajstić information content (AvgIpc) is 2.53. The molecule has 0 bridgehead atoms. The third-order valence-electron chi connectivity index (χ3n) is 5.01. The standard InChI is InChI=1S/C17H21NO6/c19-14(20)16(17(22)6-8-23-9-7-17)11-18(12-16)15(21)24-10-13-4-2-1-3-5-13/h1-5,22H,6-12H2,(H,19,20). The molecule has 2 fully saturated rings. The summed E-state index contributed by atoms with van der Waals surface area (Å²) in [6.45, 7) is 0.682. The van der Waals surface area contributed by atoms with Crippen molar-refractivity contribution in [2.45, 2.75) is 25.0 Å². The number of aliphatic hydroxyl groups is 1. The number of likely N-dealkylation sites (tertiary alicyclic amines) is 1. The summed E-state index contributed by atoms with van der Waals surface area (Å²) in [5.41, 5.74) is -1.84. The summed E-state index contributed by atoms with van der Waals surface area (Å²) >= 11 is 0. The predicted molar refractivity (Wildman–Crippen MR) is 83.3 cm³/mol. The Morgan fingerprint density at radius 2 is 1.79 bits per heavy atom. The van der Waals surface area contributed by atoms with E-state index < -0.39 is 23.1 Å². The molecule has 2 saturated heterocycles. The number of carbonyl (C=O) groups excluding carboxylic acids is 1. The molecule has 0 saturated carbocycles. The molecule has 130 valence electrons. The highest BCUT2D eigenvalue weighted by atomic mass is 16.6. The molecule has 7 nitrogen and oxygen atoms in total. The summed E-state index contributed by atoms with van der Waals surface area (Å²) in [7, 11) is 0. The number of carboxylic acids is 1. The fourth-order valence-electron chi connectivity index (χ4n) is 3.36. The van der Waals surface area contributed by atoms with Crippen molar-refractivity contribution in [2.24, 2.45) is 5.41 Å². The molecule has 3 rings (SSSR count). The van der Waals surface area contributed by atoms with Crippen LogP contribution in [0.3, 0.4) is 0 Å². The number of aliphatic carboxylic acids is 1. The maximum atomic E-state index is 12.1. The van der Waals surface area contributed by atoms with Crippen molar-refractivity contribution in [1.29, 1.82) is 0 Å². The minimum absolute atomic E-state index is 0.0492. The van der Waals surface area contributed by atoms with Gasteiger partial charge in [-0.15, -0.1) is 0 Å². The molecule has 1 amide bonds. The number of carbonyl (C=O) groups is 2. The van der Waals surface area contributed by atoms with Gasteiger partial charge in [0.05, 0.1) is 5.60 Å². The number of carboxylic acid groups (broad SMARTS) is 1. The number of ether oxygens (including phenoxy) is 2. The molecule has 0 aliphatic carbocycles. The van der Waals surface area contributed by atoms with Crippen molar-refractivity contribution in [1.82, 2.24) is 4.90 Å². The van der Waals surface area contributed by atoms with Crippen LogP contribution in [0.25, 0.3) is 0 Å². The van der Waals surface area contributed by atoms with Crippen molar-refractivity contribution < 1.29 is 29.3 Å². The zero-order valence-electron chi connectivity index (χ0n) is 13.3. The van der Waals surface area contributed by atoms with E-state index >= 15 is 0 Å². The lowest BCUT2D eigenvalue weighted by Gasteiger charge is -2.55. The summed E-state index contributed by atoms with van der Waals surface area (Å²) in [5, 5.41) is 20.4. The Kier molecular flexibility index (Phi) is 4.47. The van der Waals surface area contributed by atoms with Gasteiger partial charge in [-0.05, 0) is 5.56 Å². The van der Waals surface area contributed by atoms with Crippen LogP contribution in [0.4, 0.5) is 4.79 Å². The molecule has 0 spiro atoms. The second-order valence-corrected chi connectivity index (χ2v) is 6.43. The third-order valence-corrected chi connectivity index (χ3v) is 5.01. The van der Waals surface area contributed by atoms with Crippen LogP contribution in [0.1, 0.15) is 18.4 Å². The monoisotopic (exact) mass is 335 g/mol. The van der Waals surface area contributed by atoms with Gasteiger partial charge < -0.3 is 24.6 Å². The van der Waals surface area contributed by atoms with Gasteiger partial charge in [0.15, 0.2) is 0 Å². The van der Waals surface area contributed by atoms with Crippen molar-refractivity contribution in [3.05, 3.63) is 35.9 Å². The van der Waals surface area contributed by atoms with Crippen LogP contribution in [0, 0.1) is 5.41 Å². The summed E-state index contributed by atoms with van der Waals surface area (Å²) < 4.78 is 10.4. The Balaban J connectivity index is 1.60. The van der Waals surface area contributed by atoms with Gasteiger partial charge in [-0.25, -0.2) is 4.79 Å². The molecule has 0 aromatic heterocycles. The molecule has 2 aliphatic rings. The SMILES string of the molecule is O=C(OCc1ccccc1)N1CC(C(=O)O)(C2(O)CCOCC2)C1. The number of rotatable bonds is 4. The minimum atomic E-state index is -1.35. The van der Waals surface area contributed by atoms with Gasteiger partial charge in [-0.3, -0.25) is 4.79 Å². The van der Waals surface area contributed by atoms with Crippen LogP contribution in [0.5, 0.6) is 0 Å².